The van der Waals surface area contributed by atoms with Gasteiger partial charge in [0.15, 0.2) is 0 Å². The summed E-state index contributed by atoms with van der Waals surface area (Å²) in [6.45, 7) is 4.81. The van der Waals surface area contributed by atoms with Crippen LogP contribution in [0.4, 0.5) is 17.1 Å². The van der Waals surface area contributed by atoms with Crippen LogP contribution in [0, 0.1) is 23.7 Å². The van der Waals surface area contributed by atoms with Crippen LogP contribution < -0.4 is 4.90 Å². The first kappa shape index (κ1) is 34.7. The van der Waals surface area contributed by atoms with Gasteiger partial charge in [-0.15, -0.1) is 0 Å². The Bertz CT molecular complexity index is 3010. The maximum absolute atomic E-state index is 2.57. The van der Waals surface area contributed by atoms with Gasteiger partial charge in [-0.25, -0.2) is 0 Å². The van der Waals surface area contributed by atoms with E-state index in [4.69, 9.17) is 0 Å². The molecule has 0 aromatic heterocycles. The number of hydrogen-bond donors (Lipinski definition) is 0. The molecule has 0 radical (unpaired) electrons. The lowest BCUT2D eigenvalue weighted by atomic mass is 9.43. The predicted octanol–water partition coefficient (Wildman–Crippen LogP) is 15.7. The Balaban J connectivity index is 1.00. The molecule has 0 unspecified atom stereocenters. The summed E-state index contributed by atoms with van der Waals surface area (Å²) in [6.07, 6.45) is 7.12. The minimum Gasteiger partial charge on any atom is -0.310 e. The summed E-state index contributed by atoms with van der Waals surface area (Å²) in [6, 6.07) is 67.0. The van der Waals surface area contributed by atoms with Crippen molar-refractivity contribution in [3.63, 3.8) is 0 Å². The Morgan fingerprint density at radius 3 is 1.78 bits per heavy atom. The number of benzene rings is 8. The second-order valence-electron chi connectivity index (χ2n) is 19.3. The van der Waals surface area contributed by atoms with Crippen molar-refractivity contribution in [2.45, 2.75) is 56.8 Å². The van der Waals surface area contributed by atoms with E-state index in [0.717, 1.165) is 29.4 Å². The van der Waals surface area contributed by atoms with E-state index in [-0.39, 0.29) is 10.8 Å². The van der Waals surface area contributed by atoms with Gasteiger partial charge in [-0.05, 0) is 158 Å². The molecule has 1 spiro atoms. The van der Waals surface area contributed by atoms with Gasteiger partial charge in [-0.1, -0.05) is 159 Å². The first-order valence-corrected chi connectivity index (χ1v) is 22.4. The fourth-order valence-electron chi connectivity index (χ4n) is 13.9. The molecule has 0 N–H and O–H groups in total. The Morgan fingerprint density at radius 2 is 0.983 bits per heavy atom. The van der Waals surface area contributed by atoms with Crippen molar-refractivity contribution >= 4 is 27.8 Å². The molecule has 4 bridgehead atoms. The number of hydrogen-bond acceptors (Lipinski definition) is 1. The molecular weight excluding hydrogens is 723 g/mol. The van der Waals surface area contributed by atoms with Gasteiger partial charge in [0, 0.05) is 21.9 Å². The number of rotatable bonds is 5. The number of anilines is 3. The molecule has 4 saturated carbocycles. The van der Waals surface area contributed by atoms with E-state index in [1.54, 1.807) is 11.1 Å². The smallest absolute Gasteiger partial charge is 0.0540 e. The van der Waals surface area contributed by atoms with Gasteiger partial charge in [0.05, 0.1) is 11.4 Å². The van der Waals surface area contributed by atoms with E-state index in [0.29, 0.717) is 0 Å². The fraction of sp³-hybridized carbons (Fsp3) is 0.220. The van der Waals surface area contributed by atoms with Crippen LogP contribution in [0.25, 0.3) is 55.3 Å². The Kier molecular flexibility index (Phi) is 7.32. The minimum atomic E-state index is -0.178. The normalized spacial score (nSPS) is 23.4. The van der Waals surface area contributed by atoms with Crippen LogP contribution in [0.5, 0.6) is 0 Å². The molecule has 0 aliphatic heterocycles. The van der Waals surface area contributed by atoms with E-state index in [2.05, 4.69) is 195 Å². The quantitative estimate of drug-likeness (QED) is 0.168. The molecule has 6 aliphatic rings. The standard InChI is InChI=1S/C59H49N/c1-58(2)52-24-8-6-18-47(52)50-23-13-27-56(57(50)58)60(44-17-10-16-40(35-44)39-14-4-3-5-15-39)55-26-12-21-46-45(20-11-22-49(46)55)41-28-29-54-51(36-41)48-19-7-9-25-53(48)59(54)42-31-37-30-38(33-42)34-43(59)32-37/h3-29,35-38,42-43H,30-34H2,1-2H3. The molecule has 1 nitrogen and oxygen atoms in total. The third-order valence-corrected chi connectivity index (χ3v) is 16.0. The molecule has 0 amide bonds. The summed E-state index contributed by atoms with van der Waals surface area (Å²) in [5.74, 6) is 3.42. The summed E-state index contributed by atoms with van der Waals surface area (Å²) in [5.41, 5.74) is 20.3. The summed E-state index contributed by atoms with van der Waals surface area (Å²) < 4.78 is 0. The van der Waals surface area contributed by atoms with Gasteiger partial charge in [-0.2, -0.15) is 0 Å². The summed E-state index contributed by atoms with van der Waals surface area (Å²) in [5, 5.41) is 2.54. The lowest BCUT2D eigenvalue weighted by molar-refractivity contribution is -0.0399. The topological polar surface area (TPSA) is 3.24 Å². The van der Waals surface area contributed by atoms with Crippen molar-refractivity contribution in [1.82, 2.24) is 0 Å². The third kappa shape index (κ3) is 4.70. The minimum absolute atomic E-state index is 0.178. The lowest BCUT2D eigenvalue weighted by Gasteiger charge is -2.61. The van der Waals surface area contributed by atoms with E-state index >= 15 is 0 Å². The third-order valence-electron chi connectivity index (χ3n) is 16.0. The maximum atomic E-state index is 2.57. The average molecular weight is 772 g/mol. The maximum Gasteiger partial charge on any atom is 0.0540 e. The molecule has 0 heterocycles. The molecule has 14 rings (SSSR count). The second kappa shape index (κ2) is 12.7. The van der Waals surface area contributed by atoms with Gasteiger partial charge < -0.3 is 4.90 Å². The molecule has 1 heteroatoms. The van der Waals surface area contributed by atoms with Gasteiger partial charge in [0.1, 0.15) is 0 Å². The van der Waals surface area contributed by atoms with E-state index in [9.17, 15) is 0 Å². The largest absolute Gasteiger partial charge is 0.310 e. The van der Waals surface area contributed by atoms with Crippen LogP contribution in [-0.4, -0.2) is 0 Å². The van der Waals surface area contributed by atoms with E-state index in [1.165, 1.54) is 110 Å². The van der Waals surface area contributed by atoms with Crippen LogP contribution in [0.2, 0.25) is 0 Å². The van der Waals surface area contributed by atoms with Gasteiger partial charge in [0.2, 0.25) is 0 Å². The monoisotopic (exact) mass is 771 g/mol. The average Bonchev–Trinajstić information content (AvgIpc) is 3.71. The molecule has 6 aliphatic carbocycles. The Labute approximate surface area is 354 Å². The van der Waals surface area contributed by atoms with Crippen molar-refractivity contribution in [2.75, 3.05) is 4.90 Å². The summed E-state index contributed by atoms with van der Waals surface area (Å²) >= 11 is 0. The van der Waals surface area contributed by atoms with Crippen LogP contribution in [0.1, 0.15) is 68.2 Å². The zero-order valence-electron chi connectivity index (χ0n) is 34.5. The zero-order chi connectivity index (χ0) is 39.7. The highest BCUT2D eigenvalue weighted by Gasteiger charge is 2.61. The first-order chi connectivity index (χ1) is 29.5. The van der Waals surface area contributed by atoms with Crippen molar-refractivity contribution in [1.29, 1.82) is 0 Å². The molecule has 8 aromatic rings. The van der Waals surface area contributed by atoms with E-state index < -0.39 is 0 Å². The van der Waals surface area contributed by atoms with Crippen LogP contribution in [-0.2, 0) is 10.8 Å². The highest BCUT2D eigenvalue weighted by Crippen LogP contribution is 2.69. The Morgan fingerprint density at radius 1 is 0.400 bits per heavy atom. The molecule has 4 fully saturated rings. The lowest BCUT2D eigenvalue weighted by Crippen LogP contribution is -2.55. The SMILES string of the molecule is CC1(C)c2ccccc2-c2cccc(N(c3cccc(-c4ccccc4)c3)c3cccc4c(-c5ccc6c(c5)-c5ccccc5C65C6CC7CC(C6)CC5C7)cccc34)c21. The summed E-state index contributed by atoms with van der Waals surface area (Å²) in [7, 11) is 0. The van der Waals surface area contributed by atoms with Gasteiger partial charge >= 0.3 is 0 Å². The predicted molar refractivity (Wildman–Crippen MR) is 250 cm³/mol. The molecule has 0 atom stereocenters. The zero-order valence-corrected chi connectivity index (χ0v) is 34.5. The van der Waals surface area contributed by atoms with E-state index in [1.807, 2.05) is 0 Å². The highest BCUT2D eigenvalue weighted by molar-refractivity contribution is 6.07. The second-order valence-corrected chi connectivity index (χ2v) is 19.3. The van der Waals surface area contributed by atoms with Crippen LogP contribution in [0.15, 0.2) is 176 Å². The highest BCUT2D eigenvalue weighted by atomic mass is 15.1. The van der Waals surface area contributed by atoms with Crippen molar-refractivity contribution in [3.8, 4) is 44.5 Å². The molecule has 290 valence electrons. The van der Waals surface area contributed by atoms with Crippen molar-refractivity contribution < 1.29 is 0 Å². The number of fused-ring (bicyclic) bond motifs is 7. The van der Waals surface area contributed by atoms with Crippen LogP contribution >= 0.6 is 0 Å². The van der Waals surface area contributed by atoms with Crippen molar-refractivity contribution in [2.24, 2.45) is 23.7 Å². The van der Waals surface area contributed by atoms with Gasteiger partial charge in [0.25, 0.3) is 0 Å². The summed E-state index contributed by atoms with van der Waals surface area (Å²) in [4.78, 5) is 2.56. The fourth-order valence-corrected chi connectivity index (χ4v) is 13.9. The van der Waals surface area contributed by atoms with Crippen molar-refractivity contribution in [3.05, 3.63) is 198 Å². The first-order valence-electron chi connectivity index (χ1n) is 22.4. The molecule has 60 heavy (non-hydrogen) atoms. The molecule has 8 aromatic carbocycles. The number of nitrogens with zero attached hydrogens (tertiary/aromatic N) is 1. The Hall–Kier alpha value is -6.18. The van der Waals surface area contributed by atoms with Crippen LogP contribution in [0.3, 0.4) is 0 Å². The van der Waals surface area contributed by atoms with Gasteiger partial charge in [-0.3, -0.25) is 0 Å². The molecular formula is C59H49N. The molecule has 0 saturated heterocycles.